The summed E-state index contributed by atoms with van der Waals surface area (Å²) < 4.78 is 11.3. The lowest BCUT2D eigenvalue weighted by atomic mass is 9.71. The van der Waals surface area contributed by atoms with Crippen LogP contribution < -0.4 is 10.5 Å². The van der Waals surface area contributed by atoms with Crippen molar-refractivity contribution in [3.8, 4) is 0 Å². The average Bonchev–Trinajstić information content (AvgIpc) is 2.88. The standard InChI is InChI=1S/C9H17BN2O2/c1-2-7-5-14-10(12-8(7)3-1)9-4-11-6-13-9/h7-9,11-12H,1-6H2/t7-,8-,9?/m1/s1. The Morgan fingerprint density at radius 2 is 2.29 bits per heavy atom. The summed E-state index contributed by atoms with van der Waals surface area (Å²) >= 11 is 0. The molecule has 0 spiro atoms. The molecule has 3 atom stereocenters. The van der Waals surface area contributed by atoms with Gasteiger partial charge in [0.25, 0.3) is 0 Å². The number of hydrogen-bond donors (Lipinski definition) is 2. The molecule has 14 heavy (non-hydrogen) atoms. The van der Waals surface area contributed by atoms with Gasteiger partial charge < -0.3 is 14.6 Å². The Hall–Kier alpha value is -0.0951. The molecule has 1 aliphatic carbocycles. The van der Waals surface area contributed by atoms with Crippen molar-refractivity contribution in [3.05, 3.63) is 0 Å². The highest BCUT2D eigenvalue weighted by Gasteiger charge is 2.41. The van der Waals surface area contributed by atoms with Crippen LogP contribution in [0, 0.1) is 5.92 Å². The van der Waals surface area contributed by atoms with Gasteiger partial charge in [0.2, 0.25) is 0 Å². The minimum atomic E-state index is 0.115. The molecule has 78 valence electrons. The molecule has 2 aliphatic heterocycles. The molecule has 2 saturated heterocycles. The second-order valence-corrected chi connectivity index (χ2v) is 4.52. The van der Waals surface area contributed by atoms with Crippen LogP contribution in [0.15, 0.2) is 0 Å². The molecule has 1 unspecified atom stereocenters. The zero-order chi connectivity index (χ0) is 9.38. The summed E-state index contributed by atoms with van der Waals surface area (Å²) in [5, 5.41) is 6.76. The van der Waals surface area contributed by atoms with Gasteiger partial charge in [-0.1, -0.05) is 6.42 Å². The zero-order valence-corrected chi connectivity index (χ0v) is 8.37. The predicted molar refractivity (Wildman–Crippen MR) is 53.7 cm³/mol. The summed E-state index contributed by atoms with van der Waals surface area (Å²) in [6, 6.07) is 0.884. The molecular formula is C9H17BN2O2. The van der Waals surface area contributed by atoms with Crippen molar-refractivity contribution in [2.45, 2.75) is 31.3 Å². The largest absolute Gasteiger partial charge is 0.419 e. The van der Waals surface area contributed by atoms with Crippen molar-refractivity contribution in [1.82, 2.24) is 10.5 Å². The average molecular weight is 196 g/mol. The van der Waals surface area contributed by atoms with E-state index in [1.807, 2.05) is 0 Å². The molecule has 4 nitrogen and oxygen atoms in total. The van der Waals surface area contributed by atoms with Crippen LogP contribution in [0.25, 0.3) is 0 Å². The van der Waals surface area contributed by atoms with E-state index >= 15 is 0 Å². The van der Waals surface area contributed by atoms with Crippen LogP contribution in [-0.4, -0.2) is 39.0 Å². The molecule has 0 aromatic rings. The monoisotopic (exact) mass is 196 g/mol. The van der Waals surface area contributed by atoms with E-state index in [-0.39, 0.29) is 13.1 Å². The minimum Gasteiger partial charge on any atom is -0.419 e. The van der Waals surface area contributed by atoms with Gasteiger partial charge in [-0.15, -0.1) is 0 Å². The van der Waals surface area contributed by atoms with Crippen LogP contribution >= 0.6 is 0 Å². The van der Waals surface area contributed by atoms with Crippen molar-refractivity contribution in [2.24, 2.45) is 5.92 Å². The van der Waals surface area contributed by atoms with Crippen molar-refractivity contribution < 1.29 is 9.39 Å². The van der Waals surface area contributed by atoms with E-state index in [1.54, 1.807) is 0 Å². The first-order valence-corrected chi connectivity index (χ1v) is 5.63. The van der Waals surface area contributed by atoms with Gasteiger partial charge >= 0.3 is 7.05 Å². The highest BCUT2D eigenvalue weighted by atomic mass is 16.5. The number of ether oxygens (including phenoxy) is 1. The van der Waals surface area contributed by atoms with Crippen LogP contribution in [0.3, 0.4) is 0 Å². The first-order chi connectivity index (χ1) is 6.93. The Morgan fingerprint density at radius 1 is 1.29 bits per heavy atom. The second kappa shape index (κ2) is 3.81. The maximum atomic E-state index is 5.80. The highest BCUT2D eigenvalue weighted by Crippen LogP contribution is 2.29. The maximum Gasteiger partial charge on any atom is 0.412 e. The van der Waals surface area contributed by atoms with Gasteiger partial charge in [-0.05, 0) is 18.8 Å². The van der Waals surface area contributed by atoms with Gasteiger partial charge in [0, 0.05) is 19.2 Å². The lowest BCUT2D eigenvalue weighted by Gasteiger charge is -2.33. The van der Waals surface area contributed by atoms with Gasteiger partial charge in [-0.3, -0.25) is 5.32 Å². The third-order valence-corrected chi connectivity index (χ3v) is 3.61. The molecule has 3 rings (SSSR count). The predicted octanol–water partition coefficient (Wildman–Crippen LogP) is -0.252. The minimum absolute atomic E-state index is 0.115. The molecule has 0 aromatic heterocycles. The molecule has 0 radical (unpaired) electrons. The lowest BCUT2D eigenvalue weighted by Crippen LogP contribution is -2.58. The lowest BCUT2D eigenvalue weighted by molar-refractivity contribution is 0.115. The molecule has 0 amide bonds. The summed E-state index contributed by atoms with van der Waals surface area (Å²) in [5.74, 6) is 0.751. The van der Waals surface area contributed by atoms with Gasteiger partial charge in [0.05, 0.1) is 12.7 Å². The van der Waals surface area contributed by atoms with Crippen LogP contribution in [0.1, 0.15) is 19.3 Å². The van der Waals surface area contributed by atoms with Crippen molar-refractivity contribution in [2.75, 3.05) is 19.9 Å². The molecule has 0 bridgehead atoms. The molecule has 2 N–H and O–H groups in total. The fourth-order valence-electron chi connectivity index (χ4n) is 2.78. The normalized spacial score (nSPS) is 42.9. The van der Waals surface area contributed by atoms with Gasteiger partial charge in [-0.25, -0.2) is 0 Å². The molecule has 1 saturated carbocycles. The first kappa shape index (κ1) is 9.15. The molecule has 3 aliphatic rings. The second-order valence-electron chi connectivity index (χ2n) is 4.52. The zero-order valence-electron chi connectivity index (χ0n) is 8.37. The highest BCUT2D eigenvalue weighted by molar-refractivity contribution is 6.51. The van der Waals surface area contributed by atoms with E-state index in [0.717, 1.165) is 19.1 Å². The van der Waals surface area contributed by atoms with Crippen LogP contribution in [-0.2, 0) is 9.39 Å². The van der Waals surface area contributed by atoms with Crippen molar-refractivity contribution in [3.63, 3.8) is 0 Å². The van der Waals surface area contributed by atoms with Crippen LogP contribution in [0.2, 0.25) is 0 Å². The molecule has 0 aromatic carbocycles. The fraction of sp³-hybridized carbons (Fsp3) is 1.00. The summed E-state index contributed by atoms with van der Waals surface area (Å²) in [6.45, 7) is 2.50. The smallest absolute Gasteiger partial charge is 0.412 e. The molecule has 5 heteroatoms. The summed E-state index contributed by atoms with van der Waals surface area (Å²) in [7, 11) is 0.115. The number of fused-ring (bicyclic) bond motifs is 1. The van der Waals surface area contributed by atoms with Crippen LogP contribution in [0.4, 0.5) is 0 Å². The van der Waals surface area contributed by atoms with Gasteiger partial charge in [0.15, 0.2) is 0 Å². The fourth-order valence-corrected chi connectivity index (χ4v) is 2.78. The molecule has 2 heterocycles. The maximum absolute atomic E-state index is 5.80. The Bertz CT molecular complexity index is 211. The SMILES string of the molecule is C1C[C@@H]2COB(C3CNCO3)N[C@@H]2C1. The van der Waals surface area contributed by atoms with E-state index in [1.165, 1.54) is 19.3 Å². The van der Waals surface area contributed by atoms with Crippen molar-refractivity contribution >= 4 is 7.05 Å². The van der Waals surface area contributed by atoms with E-state index in [9.17, 15) is 0 Å². The quantitative estimate of drug-likeness (QED) is 0.567. The van der Waals surface area contributed by atoms with Crippen LogP contribution in [0.5, 0.6) is 0 Å². The Morgan fingerprint density at radius 3 is 3.14 bits per heavy atom. The summed E-state index contributed by atoms with van der Waals surface area (Å²) in [5.41, 5.74) is 0. The number of rotatable bonds is 1. The molecule has 3 fully saturated rings. The topological polar surface area (TPSA) is 42.5 Å². The summed E-state index contributed by atoms with van der Waals surface area (Å²) in [6.07, 6.45) is 3.99. The Labute approximate surface area is 84.8 Å². The van der Waals surface area contributed by atoms with E-state index in [0.29, 0.717) is 12.8 Å². The number of hydrogen-bond acceptors (Lipinski definition) is 4. The van der Waals surface area contributed by atoms with E-state index in [2.05, 4.69) is 10.5 Å². The van der Waals surface area contributed by atoms with Crippen molar-refractivity contribution in [1.29, 1.82) is 0 Å². The first-order valence-electron chi connectivity index (χ1n) is 5.63. The third-order valence-electron chi connectivity index (χ3n) is 3.61. The number of nitrogens with one attached hydrogen (secondary N) is 2. The third kappa shape index (κ3) is 1.58. The van der Waals surface area contributed by atoms with Gasteiger partial charge in [0.1, 0.15) is 0 Å². The van der Waals surface area contributed by atoms with E-state index in [4.69, 9.17) is 9.39 Å². The molecular weight excluding hydrogens is 179 g/mol. The Kier molecular flexibility index (Phi) is 2.49. The summed E-state index contributed by atoms with van der Waals surface area (Å²) in [4.78, 5) is 0. The van der Waals surface area contributed by atoms with E-state index < -0.39 is 0 Å². The Balaban J connectivity index is 1.60. The van der Waals surface area contributed by atoms with Gasteiger partial charge in [-0.2, -0.15) is 0 Å².